The molecule has 2 aliphatic rings. The number of hydrogen-bond acceptors (Lipinski definition) is 3. The molecule has 0 aliphatic heterocycles. The fourth-order valence-electron chi connectivity index (χ4n) is 3.27. The van der Waals surface area contributed by atoms with E-state index in [2.05, 4.69) is 0 Å². The number of fused-ring (bicyclic) bond motifs is 1. The van der Waals surface area contributed by atoms with Crippen LogP contribution in [-0.4, -0.2) is 10.9 Å². The number of ketones is 1. The zero-order valence-electron chi connectivity index (χ0n) is 10.2. The summed E-state index contributed by atoms with van der Waals surface area (Å²) < 4.78 is 0. The van der Waals surface area contributed by atoms with Crippen molar-refractivity contribution in [2.75, 3.05) is 0 Å². The van der Waals surface area contributed by atoms with Crippen LogP contribution >= 0.6 is 11.6 Å². The van der Waals surface area contributed by atoms with Crippen LogP contribution in [0.2, 0.25) is 5.02 Å². The Morgan fingerprint density at radius 1 is 1.32 bits per heavy atom. The molecule has 0 aromatic heterocycles. The number of aromatic hydroxyl groups is 1. The van der Waals surface area contributed by atoms with Gasteiger partial charge in [-0.3, -0.25) is 4.79 Å². The molecule has 4 heteroatoms. The normalized spacial score (nSPS) is 25.6. The number of halogens is 1. The Balaban J connectivity index is 2.15. The second kappa shape index (κ2) is 4.40. The summed E-state index contributed by atoms with van der Waals surface area (Å²) in [7, 11) is 0. The Labute approximate surface area is 116 Å². The van der Waals surface area contributed by atoms with Gasteiger partial charge in [0.15, 0.2) is 5.78 Å². The van der Waals surface area contributed by atoms with Crippen LogP contribution in [0.5, 0.6) is 5.75 Å². The van der Waals surface area contributed by atoms with E-state index < -0.39 is 0 Å². The maximum Gasteiger partial charge on any atom is 0.177 e. The lowest BCUT2D eigenvalue weighted by molar-refractivity contribution is -0.118. The molecule has 3 nitrogen and oxygen atoms in total. The average molecular weight is 274 g/mol. The minimum absolute atomic E-state index is 0.0109. The third kappa shape index (κ3) is 1.75. The second-order valence-corrected chi connectivity index (χ2v) is 5.48. The lowest BCUT2D eigenvalue weighted by atomic mass is 9.90. The van der Waals surface area contributed by atoms with Crippen molar-refractivity contribution in [3.63, 3.8) is 0 Å². The van der Waals surface area contributed by atoms with Crippen LogP contribution in [-0.2, 0) is 4.79 Å². The van der Waals surface area contributed by atoms with Crippen molar-refractivity contribution in [3.05, 3.63) is 34.4 Å². The van der Waals surface area contributed by atoms with E-state index in [9.17, 15) is 15.2 Å². The minimum atomic E-state index is -0.0303. The second-order valence-electron chi connectivity index (χ2n) is 5.07. The quantitative estimate of drug-likeness (QED) is 0.854. The van der Waals surface area contributed by atoms with Crippen molar-refractivity contribution in [1.82, 2.24) is 0 Å². The molecule has 0 radical (unpaired) electrons. The van der Waals surface area contributed by atoms with Gasteiger partial charge in [0, 0.05) is 5.92 Å². The number of benzene rings is 1. The monoisotopic (exact) mass is 273 g/mol. The van der Waals surface area contributed by atoms with Crippen molar-refractivity contribution in [2.45, 2.75) is 19.3 Å². The fraction of sp³-hybridized carbons (Fsp3) is 0.333. The van der Waals surface area contributed by atoms with Crippen LogP contribution in [0.15, 0.2) is 23.8 Å². The van der Waals surface area contributed by atoms with E-state index in [1.807, 2.05) is 6.07 Å². The molecule has 1 N–H and O–H groups in total. The molecule has 2 atom stereocenters. The number of rotatable bonds is 1. The standard InChI is InChI=1S/C15H12ClNO2/c16-12-6-8(4-5-13(12)18)14-9-2-1-3-10(9)15(19)11(14)7-17/h4-6,9-10,18H,1-3H2. The van der Waals surface area contributed by atoms with Crippen LogP contribution in [0.4, 0.5) is 0 Å². The molecule has 0 spiro atoms. The number of phenols is 1. The zero-order valence-corrected chi connectivity index (χ0v) is 10.9. The van der Waals surface area contributed by atoms with Gasteiger partial charge in [-0.15, -0.1) is 0 Å². The van der Waals surface area contributed by atoms with Crippen molar-refractivity contribution >= 4 is 23.0 Å². The zero-order chi connectivity index (χ0) is 13.6. The Morgan fingerprint density at radius 2 is 2.05 bits per heavy atom. The average Bonchev–Trinajstić information content (AvgIpc) is 2.95. The number of carbonyl (C=O) groups is 1. The van der Waals surface area contributed by atoms with Crippen molar-refractivity contribution in [2.24, 2.45) is 11.8 Å². The number of nitriles is 1. The van der Waals surface area contributed by atoms with Crippen molar-refractivity contribution < 1.29 is 9.90 Å². The summed E-state index contributed by atoms with van der Waals surface area (Å²) in [5.41, 5.74) is 1.87. The third-order valence-electron chi connectivity index (χ3n) is 4.11. The molecule has 19 heavy (non-hydrogen) atoms. The molecule has 1 fully saturated rings. The van der Waals surface area contributed by atoms with E-state index in [-0.39, 0.29) is 34.0 Å². The molecular weight excluding hydrogens is 262 g/mol. The first kappa shape index (κ1) is 12.3. The number of allylic oxidation sites excluding steroid dienone is 2. The highest BCUT2D eigenvalue weighted by Crippen LogP contribution is 2.49. The smallest absolute Gasteiger partial charge is 0.177 e. The van der Waals surface area contributed by atoms with Gasteiger partial charge in [-0.05, 0) is 42.0 Å². The summed E-state index contributed by atoms with van der Waals surface area (Å²) in [6.45, 7) is 0. The van der Waals surface area contributed by atoms with E-state index in [0.717, 1.165) is 30.4 Å². The highest BCUT2D eigenvalue weighted by molar-refractivity contribution is 6.32. The summed E-state index contributed by atoms with van der Waals surface area (Å²) in [6, 6.07) is 6.92. The summed E-state index contributed by atoms with van der Waals surface area (Å²) in [5.74, 6) is 0.0982. The third-order valence-corrected chi connectivity index (χ3v) is 4.41. The molecular formula is C15H12ClNO2. The largest absolute Gasteiger partial charge is 0.506 e. The van der Waals surface area contributed by atoms with Crippen LogP contribution in [0.25, 0.3) is 5.57 Å². The Bertz CT molecular complexity index is 642. The summed E-state index contributed by atoms with van der Waals surface area (Å²) in [4.78, 5) is 12.2. The fourth-order valence-corrected chi connectivity index (χ4v) is 3.45. The van der Waals surface area contributed by atoms with Crippen LogP contribution in [0, 0.1) is 23.2 Å². The molecule has 0 saturated heterocycles. The van der Waals surface area contributed by atoms with Crippen LogP contribution in [0.1, 0.15) is 24.8 Å². The SMILES string of the molecule is N#CC1=C(c2ccc(O)c(Cl)c2)C2CCCC2C1=O. The molecule has 1 saturated carbocycles. The predicted molar refractivity (Wildman–Crippen MR) is 71.5 cm³/mol. The van der Waals surface area contributed by atoms with Gasteiger partial charge in [-0.1, -0.05) is 24.1 Å². The molecule has 1 aromatic rings. The van der Waals surface area contributed by atoms with E-state index in [4.69, 9.17) is 11.6 Å². The number of carbonyl (C=O) groups excluding carboxylic acids is 1. The number of hydrogen-bond donors (Lipinski definition) is 1. The molecule has 3 rings (SSSR count). The lowest BCUT2D eigenvalue weighted by Crippen LogP contribution is -2.11. The van der Waals surface area contributed by atoms with E-state index in [1.165, 1.54) is 6.07 Å². The minimum Gasteiger partial charge on any atom is -0.506 e. The van der Waals surface area contributed by atoms with Gasteiger partial charge < -0.3 is 5.11 Å². The lowest BCUT2D eigenvalue weighted by Gasteiger charge is -2.13. The Morgan fingerprint density at radius 3 is 2.74 bits per heavy atom. The first-order valence-electron chi connectivity index (χ1n) is 6.31. The topological polar surface area (TPSA) is 61.1 Å². The van der Waals surface area contributed by atoms with Gasteiger partial charge in [0.1, 0.15) is 11.8 Å². The summed E-state index contributed by atoms with van der Waals surface area (Å²) in [6.07, 6.45) is 2.83. The predicted octanol–water partition coefficient (Wildman–Crippen LogP) is 3.32. The van der Waals surface area contributed by atoms with Gasteiger partial charge in [-0.2, -0.15) is 5.26 Å². The molecule has 0 bridgehead atoms. The van der Waals surface area contributed by atoms with Crippen molar-refractivity contribution in [1.29, 1.82) is 5.26 Å². The van der Waals surface area contributed by atoms with Gasteiger partial charge >= 0.3 is 0 Å². The highest BCUT2D eigenvalue weighted by Gasteiger charge is 2.44. The first-order valence-corrected chi connectivity index (χ1v) is 6.68. The number of Topliss-reactive ketones (excluding diaryl/α,β-unsaturated/α-hetero) is 1. The van der Waals surface area contributed by atoms with Gasteiger partial charge in [0.2, 0.25) is 0 Å². The first-order chi connectivity index (χ1) is 9.13. The summed E-state index contributed by atoms with van der Waals surface area (Å²) in [5, 5.41) is 19.0. The molecule has 0 heterocycles. The van der Waals surface area contributed by atoms with Crippen LogP contribution in [0.3, 0.4) is 0 Å². The molecule has 1 aromatic carbocycles. The maximum atomic E-state index is 12.2. The van der Waals surface area contributed by atoms with E-state index >= 15 is 0 Å². The van der Waals surface area contributed by atoms with Crippen molar-refractivity contribution in [3.8, 4) is 11.8 Å². The molecule has 2 aliphatic carbocycles. The van der Waals surface area contributed by atoms with E-state index in [1.54, 1.807) is 12.1 Å². The maximum absolute atomic E-state index is 12.2. The summed E-state index contributed by atoms with van der Waals surface area (Å²) >= 11 is 5.92. The van der Waals surface area contributed by atoms with Crippen LogP contribution < -0.4 is 0 Å². The Hall–Kier alpha value is -1.79. The number of nitrogens with zero attached hydrogens (tertiary/aromatic N) is 1. The molecule has 0 amide bonds. The van der Waals surface area contributed by atoms with Gasteiger partial charge in [-0.25, -0.2) is 0 Å². The molecule has 96 valence electrons. The Kier molecular flexibility index (Phi) is 2.83. The van der Waals surface area contributed by atoms with E-state index in [0.29, 0.717) is 0 Å². The van der Waals surface area contributed by atoms with Gasteiger partial charge in [0.05, 0.1) is 10.6 Å². The van der Waals surface area contributed by atoms with Gasteiger partial charge in [0.25, 0.3) is 0 Å². The number of phenolic OH excluding ortho intramolecular Hbond substituents is 1. The highest BCUT2D eigenvalue weighted by atomic mass is 35.5. The molecule has 2 unspecified atom stereocenters.